The van der Waals surface area contributed by atoms with Crippen molar-refractivity contribution in [3.05, 3.63) is 0 Å². The average Bonchev–Trinajstić information content (AvgIpc) is 2.11. The number of hydrogen-bond donors (Lipinski definition) is 0. The minimum absolute atomic E-state index is 0.0748. The Hall–Kier alpha value is -0.140. The largest absolute Gasteiger partial charge is 0.372 e. The molecule has 0 aliphatic heterocycles. The highest BCUT2D eigenvalue weighted by atomic mass is 32.2. The van der Waals surface area contributed by atoms with Crippen molar-refractivity contribution in [3.8, 4) is 0 Å². The average molecular weight is 261 g/mol. The maximum atomic E-state index is 13.6. The number of hydrogen-bond acceptors (Lipinski definition) is 2. The van der Waals surface area contributed by atoms with Crippen LogP contribution in [0.25, 0.3) is 0 Å². The number of halogens is 3. The Morgan fingerprint density at radius 3 is 2.12 bits per heavy atom. The van der Waals surface area contributed by atoms with E-state index < -0.39 is 29.4 Å². The Morgan fingerprint density at radius 1 is 1.38 bits per heavy atom. The highest BCUT2D eigenvalue weighted by Gasteiger charge is 2.47. The third-order valence-electron chi connectivity index (χ3n) is 2.12. The molecule has 0 bridgehead atoms. The molecule has 0 aromatic heterocycles. The fraction of sp³-hybridized carbons (Fsp3) is 1.00. The second-order valence-corrected chi connectivity index (χ2v) is 4.51. The van der Waals surface area contributed by atoms with Crippen LogP contribution < -0.4 is 0 Å². The summed E-state index contributed by atoms with van der Waals surface area (Å²) >= 11 is -2.93. The van der Waals surface area contributed by atoms with Crippen molar-refractivity contribution >= 4 is 11.4 Å². The fourth-order valence-corrected chi connectivity index (χ4v) is 2.30. The van der Waals surface area contributed by atoms with Crippen LogP contribution in [0.1, 0.15) is 27.7 Å². The zero-order valence-electron chi connectivity index (χ0n) is 9.87. The lowest BCUT2D eigenvalue weighted by Crippen LogP contribution is -2.52. The number of likely N-dealkylation sites (N-methyl/N-ethyl adjacent to an activating group) is 1. The van der Waals surface area contributed by atoms with Crippen molar-refractivity contribution in [2.75, 3.05) is 13.2 Å². The van der Waals surface area contributed by atoms with Crippen LogP contribution in [0.15, 0.2) is 0 Å². The number of rotatable bonds is 7. The van der Waals surface area contributed by atoms with Crippen molar-refractivity contribution in [2.24, 2.45) is 5.92 Å². The summed E-state index contributed by atoms with van der Waals surface area (Å²) in [5, 5.41) is 0. The number of nitrogens with zero attached hydrogens (tertiary/aromatic N) is 1. The van der Waals surface area contributed by atoms with Crippen LogP contribution in [0.5, 0.6) is 0 Å². The normalized spacial score (nSPS) is 16.8. The first-order valence-electron chi connectivity index (χ1n) is 5.14. The van der Waals surface area contributed by atoms with E-state index in [1.807, 2.05) is 0 Å². The van der Waals surface area contributed by atoms with Gasteiger partial charge in [0.15, 0.2) is 0 Å². The van der Waals surface area contributed by atoms with Gasteiger partial charge < -0.3 is 4.74 Å². The molecule has 1 unspecified atom stereocenters. The second kappa shape index (κ2) is 6.56. The maximum Gasteiger partial charge on any atom is 0.372 e. The van der Waals surface area contributed by atoms with Crippen LogP contribution in [-0.4, -0.2) is 33.8 Å². The third-order valence-corrected chi connectivity index (χ3v) is 2.97. The molecular formula is C9H18F3NO2S. The lowest BCUT2D eigenvalue weighted by atomic mass is 10.0. The predicted octanol–water partition coefficient (Wildman–Crippen LogP) is 2.51. The van der Waals surface area contributed by atoms with Gasteiger partial charge in [0.25, 0.3) is 11.4 Å². The van der Waals surface area contributed by atoms with E-state index in [0.717, 1.165) is 0 Å². The molecule has 0 amide bonds. The van der Waals surface area contributed by atoms with Crippen molar-refractivity contribution in [3.63, 3.8) is 0 Å². The van der Waals surface area contributed by atoms with Crippen LogP contribution in [-0.2, 0) is 16.1 Å². The molecule has 3 nitrogen and oxygen atoms in total. The van der Waals surface area contributed by atoms with Crippen LogP contribution >= 0.6 is 0 Å². The molecule has 0 N–H and O–H groups in total. The second-order valence-electron chi connectivity index (χ2n) is 3.62. The summed E-state index contributed by atoms with van der Waals surface area (Å²) in [5.41, 5.74) is 0. The molecular weight excluding hydrogens is 243 g/mol. The van der Waals surface area contributed by atoms with E-state index >= 15 is 0 Å². The molecule has 0 aromatic carbocycles. The van der Waals surface area contributed by atoms with Gasteiger partial charge >= 0.3 is 6.11 Å². The summed E-state index contributed by atoms with van der Waals surface area (Å²) in [7, 11) is 0. The first-order chi connectivity index (χ1) is 7.27. The SMILES string of the molecule is CCOC(F)(F)[C@H](C(C)C)N(CC)S(=O)F. The number of alkyl halides is 2. The molecule has 0 aromatic rings. The summed E-state index contributed by atoms with van der Waals surface area (Å²) in [6.07, 6.45) is -3.51. The topological polar surface area (TPSA) is 29.5 Å². The van der Waals surface area contributed by atoms with Crippen LogP contribution in [0.3, 0.4) is 0 Å². The molecule has 0 spiro atoms. The molecule has 0 radical (unpaired) electrons. The zero-order valence-corrected chi connectivity index (χ0v) is 10.7. The van der Waals surface area contributed by atoms with Crippen LogP contribution in [0, 0.1) is 5.92 Å². The quantitative estimate of drug-likeness (QED) is 0.659. The smallest absolute Gasteiger partial charge is 0.320 e. The van der Waals surface area contributed by atoms with Crippen molar-refractivity contribution < 1.29 is 21.6 Å². The molecule has 0 saturated heterocycles. The third kappa shape index (κ3) is 4.03. The van der Waals surface area contributed by atoms with Crippen molar-refractivity contribution in [1.82, 2.24) is 4.31 Å². The molecule has 0 saturated carbocycles. The maximum absolute atomic E-state index is 13.6. The van der Waals surface area contributed by atoms with E-state index in [9.17, 15) is 16.9 Å². The lowest BCUT2D eigenvalue weighted by Gasteiger charge is -2.34. The monoisotopic (exact) mass is 261 g/mol. The molecule has 2 atom stereocenters. The molecule has 0 aliphatic carbocycles. The van der Waals surface area contributed by atoms with Gasteiger partial charge in [-0.2, -0.15) is 13.1 Å². The predicted molar refractivity (Wildman–Crippen MR) is 56.8 cm³/mol. The summed E-state index contributed by atoms with van der Waals surface area (Å²) < 4.78 is 55.6. The Kier molecular flexibility index (Phi) is 6.50. The van der Waals surface area contributed by atoms with Gasteiger partial charge in [0, 0.05) is 6.54 Å². The van der Waals surface area contributed by atoms with E-state index in [1.165, 1.54) is 27.7 Å². The zero-order chi connectivity index (χ0) is 12.9. The van der Waals surface area contributed by atoms with Gasteiger partial charge in [-0.05, 0) is 12.8 Å². The Balaban J connectivity index is 5.04. The molecule has 0 aliphatic rings. The Labute approximate surface area is 96.8 Å². The molecule has 16 heavy (non-hydrogen) atoms. The standard InChI is InChI=1S/C9H18F3NO2S/c1-5-13(16(12)14)8(7(3)4)9(10,11)15-6-2/h7-8H,5-6H2,1-4H3/t8-,16?/m0/s1. The minimum atomic E-state index is -3.51. The molecule has 0 rings (SSSR count). The highest BCUT2D eigenvalue weighted by molar-refractivity contribution is 7.77. The van der Waals surface area contributed by atoms with E-state index in [2.05, 4.69) is 4.74 Å². The summed E-state index contributed by atoms with van der Waals surface area (Å²) in [4.78, 5) is 0. The highest BCUT2D eigenvalue weighted by Crippen LogP contribution is 2.31. The lowest BCUT2D eigenvalue weighted by molar-refractivity contribution is -0.271. The van der Waals surface area contributed by atoms with Crippen molar-refractivity contribution in [2.45, 2.75) is 39.8 Å². The molecule has 98 valence electrons. The van der Waals surface area contributed by atoms with Gasteiger partial charge in [-0.15, -0.1) is 3.89 Å². The summed E-state index contributed by atoms with van der Waals surface area (Å²) in [6, 6.07) is -1.54. The van der Waals surface area contributed by atoms with E-state index in [-0.39, 0.29) is 13.2 Å². The first-order valence-corrected chi connectivity index (χ1v) is 6.15. The van der Waals surface area contributed by atoms with Gasteiger partial charge in [0.2, 0.25) is 0 Å². The van der Waals surface area contributed by atoms with Gasteiger partial charge in [0.1, 0.15) is 6.04 Å². The van der Waals surface area contributed by atoms with E-state index in [1.54, 1.807) is 0 Å². The fourth-order valence-electron chi connectivity index (χ4n) is 1.55. The molecule has 0 fully saturated rings. The van der Waals surface area contributed by atoms with E-state index in [4.69, 9.17) is 0 Å². The van der Waals surface area contributed by atoms with Gasteiger partial charge in [0.05, 0.1) is 6.61 Å². The van der Waals surface area contributed by atoms with Gasteiger partial charge in [-0.3, -0.25) is 0 Å². The first kappa shape index (κ1) is 15.9. The van der Waals surface area contributed by atoms with Gasteiger partial charge in [-0.25, -0.2) is 4.21 Å². The van der Waals surface area contributed by atoms with Gasteiger partial charge in [-0.1, -0.05) is 20.8 Å². The van der Waals surface area contributed by atoms with Crippen LogP contribution in [0.4, 0.5) is 12.7 Å². The number of ether oxygens (including phenoxy) is 1. The minimum Gasteiger partial charge on any atom is -0.320 e. The summed E-state index contributed by atoms with van der Waals surface area (Å²) in [5.74, 6) is -0.582. The molecule has 7 heteroatoms. The van der Waals surface area contributed by atoms with E-state index in [0.29, 0.717) is 4.31 Å². The molecule has 0 heterocycles. The van der Waals surface area contributed by atoms with Crippen LogP contribution in [0.2, 0.25) is 0 Å². The van der Waals surface area contributed by atoms with Crippen molar-refractivity contribution in [1.29, 1.82) is 0 Å². The summed E-state index contributed by atoms with van der Waals surface area (Å²) in [6.45, 7) is 5.64. The Bertz CT molecular complexity index is 239. The Morgan fingerprint density at radius 2 is 1.88 bits per heavy atom.